The van der Waals surface area contributed by atoms with Gasteiger partial charge in [-0.1, -0.05) is 192 Å². The summed E-state index contributed by atoms with van der Waals surface area (Å²) in [5, 5.41) is 30.7. The van der Waals surface area contributed by atoms with E-state index in [1.165, 1.54) is 109 Å². The first-order valence-electron chi connectivity index (χ1n) is 24.7. The summed E-state index contributed by atoms with van der Waals surface area (Å²) in [6.07, 6.45) is 38.9. The van der Waals surface area contributed by atoms with E-state index in [9.17, 15) is 33.1 Å². The third-order valence-corrected chi connectivity index (χ3v) is 11.7. The predicted molar refractivity (Wildman–Crippen MR) is 248 cm³/mol. The number of aliphatic hydroxyl groups excluding tert-OH is 3. The number of esters is 1. The minimum absolute atomic E-state index is 0.0348. The van der Waals surface area contributed by atoms with Gasteiger partial charge in [-0.15, -0.1) is 0 Å². The first-order valence-corrected chi connectivity index (χ1v) is 26.1. The van der Waals surface area contributed by atoms with Crippen LogP contribution in [-0.2, 0) is 38.3 Å². The molecular weight excluding hydrogens is 813 g/mol. The van der Waals surface area contributed by atoms with Crippen LogP contribution in [0.15, 0.2) is 36.5 Å². The molecule has 1 aliphatic rings. The van der Waals surface area contributed by atoms with Gasteiger partial charge in [0.1, 0.15) is 30.5 Å². The Kier molecular flexibility index (Phi) is 38.4. The second-order valence-electron chi connectivity index (χ2n) is 17.0. The van der Waals surface area contributed by atoms with Crippen molar-refractivity contribution >= 4 is 16.4 Å². The molecule has 0 radical (unpaired) electrons. The molecule has 6 atom stereocenters. The molecule has 0 aliphatic carbocycles. The molecule has 0 aromatic carbocycles. The lowest BCUT2D eigenvalue weighted by Crippen LogP contribution is -2.60. The Labute approximate surface area is 377 Å². The zero-order chi connectivity index (χ0) is 45.4. The average Bonchev–Trinajstić information content (AvgIpc) is 3.24. The number of aliphatic hydroxyl groups is 3. The molecule has 1 saturated heterocycles. The van der Waals surface area contributed by atoms with Crippen molar-refractivity contribution in [2.75, 3.05) is 26.4 Å². The van der Waals surface area contributed by atoms with Crippen molar-refractivity contribution in [1.82, 2.24) is 0 Å². The van der Waals surface area contributed by atoms with Crippen molar-refractivity contribution in [1.29, 1.82) is 0 Å². The summed E-state index contributed by atoms with van der Waals surface area (Å²) in [4.78, 5) is 12.9. The first-order chi connectivity index (χ1) is 30.1. The van der Waals surface area contributed by atoms with E-state index in [0.29, 0.717) is 13.0 Å². The van der Waals surface area contributed by atoms with Crippen LogP contribution in [0.25, 0.3) is 0 Å². The quantitative estimate of drug-likeness (QED) is 0.0197. The van der Waals surface area contributed by atoms with Crippen LogP contribution in [0, 0.1) is 0 Å². The van der Waals surface area contributed by atoms with E-state index in [-0.39, 0.29) is 19.6 Å². The minimum Gasteiger partial charge on any atom is -0.457 e. The summed E-state index contributed by atoms with van der Waals surface area (Å²) in [6.45, 7) is 3.90. The topological polar surface area (TPSA) is 178 Å². The van der Waals surface area contributed by atoms with E-state index in [2.05, 4.69) is 54.5 Å². The molecule has 0 bridgehead atoms. The number of carbonyl (C=O) groups excluding carboxylic acids is 1. The van der Waals surface area contributed by atoms with Gasteiger partial charge in [0.2, 0.25) is 0 Å². The third-order valence-electron chi connectivity index (χ3n) is 11.3. The number of allylic oxidation sites excluding steroid dienone is 6. The van der Waals surface area contributed by atoms with Gasteiger partial charge >= 0.3 is 16.4 Å². The Morgan fingerprint density at radius 3 is 1.63 bits per heavy atom. The van der Waals surface area contributed by atoms with Gasteiger partial charge in [0, 0.05) is 13.0 Å². The number of carbonyl (C=O) groups is 1. The highest BCUT2D eigenvalue weighted by Gasteiger charge is 2.48. The Morgan fingerprint density at radius 1 is 0.629 bits per heavy atom. The lowest BCUT2D eigenvalue weighted by Gasteiger charge is -2.41. The predicted octanol–water partition coefficient (Wildman–Crippen LogP) is 11.0. The fraction of sp³-hybridized carbons (Fsp3) is 0.857. The molecule has 0 amide bonds. The maximum atomic E-state index is 12.9. The highest BCUT2D eigenvalue weighted by atomic mass is 32.3. The molecule has 1 aliphatic heterocycles. The van der Waals surface area contributed by atoms with Gasteiger partial charge in [-0.3, -0.25) is 9.35 Å². The van der Waals surface area contributed by atoms with Gasteiger partial charge in [0.15, 0.2) is 6.29 Å². The number of hydrogen-bond acceptors (Lipinski definition) is 11. The van der Waals surface area contributed by atoms with E-state index in [1.807, 2.05) is 0 Å². The van der Waals surface area contributed by atoms with Crippen molar-refractivity contribution in [2.45, 2.75) is 243 Å². The molecule has 6 unspecified atom stereocenters. The van der Waals surface area contributed by atoms with Crippen molar-refractivity contribution in [3.63, 3.8) is 0 Å². The molecule has 0 saturated carbocycles. The van der Waals surface area contributed by atoms with Crippen LogP contribution in [0.4, 0.5) is 0 Å². The molecule has 62 heavy (non-hydrogen) atoms. The van der Waals surface area contributed by atoms with Crippen LogP contribution in [0.2, 0.25) is 0 Å². The monoisotopic (exact) mass is 903 g/mol. The maximum absolute atomic E-state index is 12.9. The van der Waals surface area contributed by atoms with Gasteiger partial charge in [-0.2, -0.15) is 8.42 Å². The zero-order valence-corrected chi connectivity index (χ0v) is 39.7. The highest BCUT2D eigenvalue weighted by Crippen LogP contribution is 2.26. The maximum Gasteiger partial charge on any atom is 0.397 e. The summed E-state index contributed by atoms with van der Waals surface area (Å²) in [7, 11) is -5.06. The van der Waals surface area contributed by atoms with Crippen LogP contribution in [0.1, 0.15) is 206 Å². The van der Waals surface area contributed by atoms with Crippen LogP contribution in [0.5, 0.6) is 0 Å². The van der Waals surface area contributed by atoms with Crippen molar-refractivity contribution in [2.24, 2.45) is 0 Å². The lowest BCUT2D eigenvalue weighted by molar-refractivity contribution is -0.301. The van der Waals surface area contributed by atoms with Crippen LogP contribution in [0.3, 0.4) is 0 Å². The highest BCUT2D eigenvalue weighted by molar-refractivity contribution is 7.80. The van der Waals surface area contributed by atoms with Crippen LogP contribution < -0.4 is 0 Å². The second-order valence-corrected chi connectivity index (χ2v) is 18.1. The molecule has 0 aromatic rings. The standard InChI is InChI=1S/C49H90O12S/c1-3-5-7-9-11-13-15-17-19-21-23-25-27-29-31-33-35-37-39-57-41-43(42-58-49-47(53)48(61-62(54,55)56)46(52)44(40-50)60-49)59-45(51)38-36-34-32-30-28-26-24-22-20-18-16-14-12-10-8-6-4-2/h6,8,12,14,18,20,43-44,46-50,52-53H,3-5,7,9-11,13,15-17,19,21-42H2,1-2H3,(H,54,55,56)/b8-6-,14-12-,20-18-. The zero-order valence-electron chi connectivity index (χ0n) is 38.9. The second kappa shape index (κ2) is 40.8. The summed E-state index contributed by atoms with van der Waals surface area (Å²) in [5.41, 5.74) is 0. The Bertz CT molecular complexity index is 1230. The third kappa shape index (κ3) is 33.8. The van der Waals surface area contributed by atoms with Crippen LogP contribution >= 0.6 is 0 Å². The van der Waals surface area contributed by atoms with Crippen molar-refractivity contribution in [3.05, 3.63) is 36.5 Å². The van der Waals surface area contributed by atoms with Gasteiger partial charge < -0.3 is 34.3 Å². The SMILES string of the molecule is CC/C=C\C/C=C\C/C=C\CCCCCCCCCC(=O)OC(COCCCCCCCCCCCCCCCCCCCC)COC1OC(CO)C(O)C(OS(=O)(=O)O)C1O. The molecule has 1 rings (SSSR count). The molecule has 1 fully saturated rings. The molecule has 364 valence electrons. The van der Waals surface area contributed by atoms with E-state index in [0.717, 1.165) is 70.6 Å². The van der Waals surface area contributed by atoms with Gasteiger partial charge in [-0.25, -0.2) is 4.18 Å². The van der Waals surface area contributed by atoms with Gasteiger partial charge in [0.25, 0.3) is 0 Å². The number of hydrogen-bond donors (Lipinski definition) is 4. The fourth-order valence-corrected chi connectivity index (χ4v) is 8.08. The van der Waals surface area contributed by atoms with E-state index in [4.69, 9.17) is 18.9 Å². The van der Waals surface area contributed by atoms with E-state index in [1.54, 1.807) is 0 Å². The smallest absolute Gasteiger partial charge is 0.397 e. The summed E-state index contributed by atoms with van der Waals surface area (Å²) >= 11 is 0. The number of ether oxygens (including phenoxy) is 4. The van der Waals surface area contributed by atoms with Gasteiger partial charge in [0.05, 0.1) is 19.8 Å². The molecular formula is C49H90O12S. The summed E-state index contributed by atoms with van der Waals surface area (Å²) in [5.74, 6) is -0.407. The fourth-order valence-electron chi connectivity index (χ4n) is 7.57. The number of unbranched alkanes of at least 4 members (excludes halogenated alkanes) is 24. The van der Waals surface area contributed by atoms with Crippen molar-refractivity contribution in [3.8, 4) is 0 Å². The van der Waals surface area contributed by atoms with Crippen LogP contribution in [-0.4, -0.2) is 97.5 Å². The number of rotatable bonds is 43. The van der Waals surface area contributed by atoms with E-state index < -0.39 is 59.8 Å². The van der Waals surface area contributed by atoms with Crippen molar-refractivity contribution < 1.29 is 56.2 Å². The molecule has 1 heterocycles. The molecule has 0 spiro atoms. The molecule has 4 N–H and O–H groups in total. The minimum atomic E-state index is -5.06. The molecule has 13 heteroatoms. The Balaban J connectivity index is 2.38. The Hall–Kier alpha value is -1.68. The lowest BCUT2D eigenvalue weighted by atomic mass is 9.99. The van der Waals surface area contributed by atoms with E-state index >= 15 is 0 Å². The summed E-state index contributed by atoms with van der Waals surface area (Å²) in [6, 6.07) is 0. The molecule has 0 aromatic heterocycles. The molecule has 12 nitrogen and oxygen atoms in total. The summed E-state index contributed by atoms with van der Waals surface area (Å²) < 4.78 is 59.2. The Morgan fingerprint density at radius 2 is 1.11 bits per heavy atom. The first kappa shape index (κ1) is 58.3. The normalized spacial score (nSPS) is 20.3. The van der Waals surface area contributed by atoms with Gasteiger partial charge in [-0.05, 0) is 44.9 Å². The average molecular weight is 903 g/mol. The largest absolute Gasteiger partial charge is 0.457 e.